The third-order valence-corrected chi connectivity index (χ3v) is 5.66. The fourth-order valence-corrected chi connectivity index (χ4v) is 3.97. The maximum absolute atomic E-state index is 12.4. The van der Waals surface area contributed by atoms with Crippen LogP contribution in [-0.2, 0) is 25.4 Å². The zero-order valence-corrected chi connectivity index (χ0v) is 16.5. The van der Waals surface area contributed by atoms with E-state index in [4.69, 9.17) is 18.4 Å². The van der Waals surface area contributed by atoms with Crippen molar-refractivity contribution >= 4 is 26.0 Å². The minimum absolute atomic E-state index is 0.0599. The first-order valence-corrected chi connectivity index (χ1v) is 9.79. The number of ether oxygens (including phenoxy) is 3. The minimum Gasteiger partial charge on any atom is -0.493 e. The van der Waals surface area contributed by atoms with E-state index in [0.29, 0.717) is 10.9 Å². The molecule has 2 aromatic rings. The Bertz CT molecular complexity index is 795. The highest BCUT2D eigenvalue weighted by Gasteiger charge is 2.32. The second-order valence-corrected chi connectivity index (χ2v) is 7.12. The molecule has 0 aliphatic heterocycles. The normalized spacial score (nSPS) is 12.0. The van der Waals surface area contributed by atoms with Crippen molar-refractivity contribution in [1.29, 1.82) is 0 Å². The van der Waals surface area contributed by atoms with E-state index in [1.807, 2.05) is 0 Å². The van der Waals surface area contributed by atoms with Crippen LogP contribution in [0.4, 0.5) is 0 Å². The molecule has 0 spiro atoms. The highest BCUT2D eigenvalue weighted by molar-refractivity contribution is 9.09. The van der Waals surface area contributed by atoms with Crippen molar-refractivity contribution in [3.8, 4) is 11.5 Å². The van der Waals surface area contributed by atoms with Gasteiger partial charge >= 0.3 is 10.1 Å². The topological polar surface area (TPSA) is 71.1 Å². The first kappa shape index (κ1) is 19.7. The van der Waals surface area contributed by atoms with Crippen LogP contribution in [0.25, 0.3) is 0 Å². The van der Waals surface area contributed by atoms with E-state index in [1.165, 1.54) is 39.5 Å². The Kier molecular flexibility index (Phi) is 6.45. The molecule has 6 nitrogen and oxygen atoms in total. The molecule has 0 radical (unpaired) electrons. The largest absolute Gasteiger partial charge is 0.493 e. The lowest BCUT2D eigenvalue weighted by atomic mass is 10.1. The van der Waals surface area contributed by atoms with Crippen LogP contribution in [0.15, 0.2) is 53.4 Å². The number of hydrogen-bond donors (Lipinski definition) is 0. The van der Waals surface area contributed by atoms with Crippen molar-refractivity contribution in [2.75, 3.05) is 26.7 Å². The molecule has 0 atom stereocenters. The van der Waals surface area contributed by atoms with Crippen LogP contribution in [-0.4, -0.2) is 35.1 Å². The van der Waals surface area contributed by atoms with Gasteiger partial charge in [-0.05, 0) is 30.3 Å². The summed E-state index contributed by atoms with van der Waals surface area (Å²) >= 11 is 3.36. The standard InChI is InChI=1S/C17H19BrO6S/c1-21-16-11-13(17(12-18,22-2)23-3)9-10-15(16)24-25(19,20)14-7-5-4-6-8-14/h4-11H,12H2,1-3H3. The van der Waals surface area contributed by atoms with E-state index in [0.717, 1.165) is 0 Å². The van der Waals surface area contributed by atoms with Crippen molar-refractivity contribution in [3.05, 3.63) is 54.1 Å². The van der Waals surface area contributed by atoms with Gasteiger partial charge in [-0.25, -0.2) is 0 Å². The summed E-state index contributed by atoms with van der Waals surface area (Å²) in [5.41, 5.74) is 0.649. The van der Waals surface area contributed by atoms with Gasteiger partial charge in [0.1, 0.15) is 4.90 Å². The summed E-state index contributed by atoms with van der Waals surface area (Å²) in [6, 6.07) is 12.7. The monoisotopic (exact) mass is 430 g/mol. The lowest BCUT2D eigenvalue weighted by Crippen LogP contribution is -2.32. The van der Waals surface area contributed by atoms with Gasteiger partial charge in [0, 0.05) is 19.8 Å². The van der Waals surface area contributed by atoms with Gasteiger partial charge in [0.25, 0.3) is 0 Å². The number of alkyl halides is 1. The fourth-order valence-electron chi connectivity index (χ4n) is 2.23. The molecule has 0 saturated carbocycles. The molecule has 0 aliphatic carbocycles. The number of rotatable bonds is 8. The Morgan fingerprint density at radius 1 is 0.960 bits per heavy atom. The lowest BCUT2D eigenvalue weighted by Gasteiger charge is -2.29. The number of halogens is 1. The second-order valence-electron chi connectivity index (χ2n) is 5.01. The van der Waals surface area contributed by atoms with Crippen molar-refractivity contribution < 1.29 is 26.8 Å². The Labute approximate surface area is 155 Å². The van der Waals surface area contributed by atoms with Gasteiger partial charge in [-0.3, -0.25) is 0 Å². The number of benzene rings is 2. The molecule has 0 saturated heterocycles. The summed E-state index contributed by atoms with van der Waals surface area (Å²) in [5, 5.41) is 0.374. The van der Waals surface area contributed by atoms with Crippen LogP contribution >= 0.6 is 15.9 Å². The van der Waals surface area contributed by atoms with Crippen LogP contribution in [0.5, 0.6) is 11.5 Å². The Morgan fingerprint density at radius 3 is 2.12 bits per heavy atom. The first-order valence-electron chi connectivity index (χ1n) is 7.26. The third kappa shape index (κ3) is 4.14. The molecule has 136 valence electrons. The molecule has 8 heteroatoms. The molecule has 25 heavy (non-hydrogen) atoms. The molecule has 0 aliphatic rings. The SMILES string of the molecule is COc1cc(C(CBr)(OC)OC)ccc1OS(=O)(=O)c1ccccc1. The predicted octanol–water partition coefficient (Wildman–Crippen LogP) is 3.30. The van der Waals surface area contributed by atoms with Crippen LogP contribution in [0, 0.1) is 0 Å². The van der Waals surface area contributed by atoms with Crippen molar-refractivity contribution in [2.45, 2.75) is 10.7 Å². The second kappa shape index (κ2) is 8.18. The van der Waals surface area contributed by atoms with E-state index in [-0.39, 0.29) is 16.4 Å². The highest BCUT2D eigenvalue weighted by Crippen LogP contribution is 2.36. The Balaban J connectivity index is 2.41. The van der Waals surface area contributed by atoms with Gasteiger partial charge in [0.15, 0.2) is 11.5 Å². The average molecular weight is 431 g/mol. The van der Waals surface area contributed by atoms with Gasteiger partial charge in [0.05, 0.1) is 12.4 Å². The van der Waals surface area contributed by atoms with E-state index in [1.54, 1.807) is 30.3 Å². The molecule has 2 rings (SSSR count). The van der Waals surface area contributed by atoms with E-state index < -0.39 is 15.9 Å². The Hall–Kier alpha value is -1.61. The summed E-state index contributed by atoms with van der Waals surface area (Å²) in [5.74, 6) is -0.702. The third-order valence-electron chi connectivity index (χ3n) is 3.67. The number of methoxy groups -OCH3 is 3. The molecule has 0 amide bonds. The summed E-state index contributed by atoms with van der Waals surface area (Å²) in [4.78, 5) is 0.0599. The molecular formula is C17H19BrO6S. The van der Waals surface area contributed by atoms with Crippen molar-refractivity contribution in [1.82, 2.24) is 0 Å². The molecule has 0 aromatic heterocycles. The molecule has 0 fully saturated rings. The van der Waals surface area contributed by atoms with E-state index in [9.17, 15) is 8.42 Å². The first-order chi connectivity index (χ1) is 11.9. The summed E-state index contributed by atoms with van der Waals surface area (Å²) in [6.45, 7) is 0. The zero-order valence-electron chi connectivity index (χ0n) is 14.1. The molecular weight excluding hydrogens is 412 g/mol. The van der Waals surface area contributed by atoms with Gasteiger partial charge in [-0.15, -0.1) is 0 Å². The molecule has 0 bridgehead atoms. The van der Waals surface area contributed by atoms with E-state index in [2.05, 4.69) is 15.9 Å². The Morgan fingerprint density at radius 2 is 1.60 bits per heavy atom. The van der Waals surface area contributed by atoms with Crippen LogP contribution in [0.2, 0.25) is 0 Å². The lowest BCUT2D eigenvalue weighted by molar-refractivity contribution is -0.197. The van der Waals surface area contributed by atoms with Gasteiger partial charge in [-0.1, -0.05) is 34.1 Å². The molecule has 0 unspecified atom stereocenters. The molecule has 0 N–H and O–H groups in total. The van der Waals surface area contributed by atoms with Crippen molar-refractivity contribution in [3.63, 3.8) is 0 Å². The zero-order chi connectivity index (χ0) is 18.5. The quantitative estimate of drug-likeness (QED) is 0.363. The maximum atomic E-state index is 12.4. The summed E-state index contributed by atoms with van der Waals surface area (Å²) < 4.78 is 46.2. The maximum Gasteiger partial charge on any atom is 0.339 e. The molecule has 0 heterocycles. The van der Waals surface area contributed by atoms with Crippen LogP contribution < -0.4 is 8.92 Å². The van der Waals surface area contributed by atoms with Crippen LogP contribution in [0.3, 0.4) is 0 Å². The summed E-state index contributed by atoms with van der Waals surface area (Å²) in [7, 11) is 0.495. The smallest absolute Gasteiger partial charge is 0.339 e. The van der Waals surface area contributed by atoms with E-state index >= 15 is 0 Å². The fraction of sp³-hybridized carbons (Fsp3) is 0.294. The van der Waals surface area contributed by atoms with Crippen molar-refractivity contribution in [2.24, 2.45) is 0 Å². The highest BCUT2D eigenvalue weighted by atomic mass is 79.9. The number of hydrogen-bond acceptors (Lipinski definition) is 6. The van der Waals surface area contributed by atoms with Crippen LogP contribution in [0.1, 0.15) is 5.56 Å². The molecule has 2 aromatic carbocycles. The summed E-state index contributed by atoms with van der Waals surface area (Å²) in [6.07, 6.45) is 0. The minimum atomic E-state index is -3.96. The van der Waals surface area contributed by atoms with Gasteiger partial charge in [0.2, 0.25) is 5.79 Å². The predicted molar refractivity (Wildman–Crippen MR) is 96.7 cm³/mol. The average Bonchev–Trinajstić information content (AvgIpc) is 2.65. The van der Waals surface area contributed by atoms with Gasteiger partial charge in [-0.2, -0.15) is 8.42 Å². The van der Waals surface area contributed by atoms with Gasteiger partial charge < -0.3 is 18.4 Å².